The maximum absolute atomic E-state index is 13.2. The molecule has 5 rings (SSSR count). The molecule has 0 spiro atoms. The van der Waals surface area contributed by atoms with E-state index in [9.17, 15) is 19.5 Å². The summed E-state index contributed by atoms with van der Waals surface area (Å²) in [7, 11) is 2.08. The van der Waals surface area contributed by atoms with Crippen LogP contribution in [0.1, 0.15) is 52.2 Å². The number of hydrogen-bond acceptors (Lipinski definition) is 9. The summed E-state index contributed by atoms with van der Waals surface area (Å²) >= 11 is 2.68. The molecule has 1 aromatic carbocycles. The van der Waals surface area contributed by atoms with Crippen molar-refractivity contribution in [2.45, 2.75) is 56.4 Å². The first-order valence-electron chi connectivity index (χ1n) is 12.7. The molecule has 1 saturated carbocycles. The Labute approximate surface area is 228 Å². The second-order valence-corrected chi connectivity index (χ2v) is 11.6. The van der Waals surface area contributed by atoms with E-state index in [-0.39, 0.29) is 6.10 Å². The highest BCUT2D eigenvalue weighted by molar-refractivity contribution is 7.12. The van der Waals surface area contributed by atoms with Crippen LogP contribution in [0.2, 0.25) is 0 Å². The van der Waals surface area contributed by atoms with E-state index in [0.29, 0.717) is 39.0 Å². The van der Waals surface area contributed by atoms with E-state index in [2.05, 4.69) is 11.9 Å². The van der Waals surface area contributed by atoms with Crippen molar-refractivity contribution < 1.29 is 23.8 Å². The number of aromatic nitrogens is 1. The summed E-state index contributed by atoms with van der Waals surface area (Å²) in [6.45, 7) is 1.32. The number of carbonyl (C=O) groups excluding carboxylic acids is 2. The molecule has 38 heavy (non-hydrogen) atoms. The second-order valence-electron chi connectivity index (χ2n) is 9.70. The van der Waals surface area contributed by atoms with Crippen molar-refractivity contribution in [3.8, 4) is 0 Å². The zero-order chi connectivity index (χ0) is 26.7. The molecule has 1 aliphatic carbocycles. The number of aldehydes is 1. The molecule has 4 aromatic rings. The van der Waals surface area contributed by atoms with E-state index in [4.69, 9.17) is 9.15 Å². The number of esters is 1. The number of rotatable bonds is 10. The topological polar surface area (TPSA) is 102 Å². The van der Waals surface area contributed by atoms with E-state index < -0.39 is 17.3 Å². The zero-order valence-electron chi connectivity index (χ0n) is 21.1. The number of aryl methyl sites for hydroxylation is 1. The number of hydrogen-bond donors (Lipinski definition) is 1. The lowest BCUT2D eigenvalue weighted by Gasteiger charge is -2.35. The minimum atomic E-state index is -1.78. The fourth-order valence-corrected chi connectivity index (χ4v) is 6.87. The molecular weight excluding hydrogens is 524 g/mol. The van der Waals surface area contributed by atoms with Gasteiger partial charge in [0.15, 0.2) is 5.58 Å². The van der Waals surface area contributed by atoms with Crippen molar-refractivity contribution in [1.82, 2.24) is 9.47 Å². The van der Waals surface area contributed by atoms with Crippen LogP contribution in [0, 0.1) is 0 Å². The molecule has 0 aliphatic heterocycles. The largest absolute Gasteiger partial charge is 0.460 e. The van der Waals surface area contributed by atoms with Crippen LogP contribution in [0.25, 0.3) is 11.1 Å². The van der Waals surface area contributed by atoms with E-state index in [1.807, 2.05) is 22.9 Å². The summed E-state index contributed by atoms with van der Waals surface area (Å²) in [6.07, 6.45) is 4.50. The molecule has 200 valence electrons. The number of thiophene rings is 2. The highest BCUT2D eigenvalue weighted by atomic mass is 32.1. The molecule has 1 aliphatic rings. The molecule has 0 atom stereocenters. The number of aliphatic hydroxyl groups is 1. The van der Waals surface area contributed by atoms with Crippen molar-refractivity contribution in [3.05, 3.63) is 79.1 Å². The predicted molar refractivity (Wildman–Crippen MR) is 147 cm³/mol. The number of carbonyl (C=O) groups is 2. The van der Waals surface area contributed by atoms with Crippen molar-refractivity contribution >= 4 is 46.0 Å². The number of oxazole rings is 1. The smallest absolute Gasteiger partial charge is 0.419 e. The van der Waals surface area contributed by atoms with Gasteiger partial charge in [-0.05, 0) is 86.8 Å². The van der Waals surface area contributed by atoms with Crippen molar-refractivity contribution in [2.24, 2.45) is 0 Å². The molecule has 8 nitrogen and oxygen atoms in total. The Morgan fingerprint density at radius 2 is 1.84 bits per heavy atom. The minimum Gasteiger partial charge on any atom is -0.460 e. The zero-order valence-corrected chi connectivity index (χ0v) is 22.7. The van der Waals surface area contributed by atoms with Crippen LogP contribution in [-0.4, -0.2) is 52.6 Å². The molecular formula is C28H30N2O6S2. The van der Waals surface area contributed by atoms with Gasteiger partial charge in [-0.15, -0.1) is 22.7 Å². The highest BCUT2D eigenvalue weighted by Crippen LogP contribution is 2.38. The maximum atomic E-state index is 13.2. The molecule has 0 radical (unpaired) electrons. The van der Waals surface area contributed by atoms with Crippen molar-refractivity contribution in [3.63, 3.8) is 0 Å². The van der Waals surface area contributed by atoms with Gasteiger partial charge in [0.1, 0.15) is 12.4 Å². The Morgan fingerprint density at radius 1 is 1.16 bits per heavy atom. The molecule has 0 unspecified atom stereocenters. The van der Waals surface area contributed by atoms with Crippen LogP contribution in [-0.2, 0) is 21.7 Å². The summed E-state index contributed by atoms with van der Waals surface area (Å²) in [5.41, 5.74) is -0.191. The average molecular weight is 555 g/mol. The van der Waals surface area contributed by atoms with Crippen LogP contribution in [0.15, 0.2) is 62.4 Å². The van der Waals surface area contributed by atoms with Gasteiger partial charge in [0.05, 0.1) is 15.3 Å². The van der Waals surface area contributed by atoms with Crippen LogP contribution >= 0.6 is 22.7 Å². The Hall–Kier alpha value is -3.05. The van der Waals surface area contributed by atoms with Gasteiger partial charge in [0.2, 0.25) is 5.60 Å². The number of fused-ring (bicyclic) bond motifs is 1. The maximum Gasteiger partial charge on any atom is 0.419 e. The van der Waals surface area contributed by atoms with Gasteiger partial charge in [0.25, 0.3) is 0 Å². The third kappa shape index (κ3) is 5.26. The third-order valence-corrected chi connectivity index (χ3v) is 9.27. The second kappa shape index (κ2) is 11.4. The van der Waals surface area contributed by atoms with Gasteiger partial charge in [-0.2, -0.15) is 0 Å². The summed E-state index contributed by atoms with van der Waals surface area (Å²) in [4.78, 5) is 39.9. The summed E-state index contributed by atoms with van der Waals surface area (Å²) in [5, 5.41) is 15.1. The Balaban J connectivity index is 1.13. The number of ether oxygens (including phenoxy) is 1. The lowest BCUT2D eigenvalue weighted by molar-refractivity contribution is -0.169. The predicted octanol–water partition coefficient (Wildman–Crippen LogP) is 4.64. The van der Waals surface area contributed by atoms with Crippen LogP contribution in [0.5, 0.6) is 0 Å². The Kier molecular flexibility index (Phi) is 7.94. The van der Waals surface area contributed by atoms with Gasteiger partial charge in [-0.3, -0.25) is 9.36 Å². The molecule has 3 heterocycles. The van der Waals surface area contributed by atoms with Gasteiger partial charge in [0, 0.05) is 18.2 Å². The first-order valence-corrected chi connectivity index (χ1v) is 14.5. The van der Waals surface area contributed by atoms with E-state index >= 15 is 0 Å². The Morgan fingerprint density at radius 3 is 2.45 bits per heavy atom. The fourth-order valence-electron chi connectivity index (χ4n) is 5.16. The fraction of sp³-hybridized carbons (Fsp3) is 0.393. The highest BCUT2D eigenvalue weighted by Gasteiger charge is 2.45. The van der Waals surface area contributed by atoms with Crippen LogP contribution in [0.4, 0.5) is 0 Å². The molecule has 1 fully saturated rings. The normalized spacial score (nSPS) is 18.2. The molecule has 0 bridgehead atoms. The first-order chi connectivity index (χ1) is 18.4. The lowest BCUT2D eigenvalue weighted by atomic mass is 9.91. The molecule has 0 saturated heterocycles. The van der Waals surface area contributed by atoms with Gasteiger partial charge >= 0.3 is 11.7 Å². The minimum absolute atomic E-state index is 0.231. The average Bonchev–Trinajstić information content (AvgIpc) is 3.71. The summed E-state index contributed by atoms with van der Waals surface area (Å²) in [5.74, 6) is -1.03. The van der Waals surface area contributed by atoms with Gasteiger partial charge in [-0.25, -0.2) is 9.59 Å². The first kappa shape index (κ1) is 26.6. The van der Waals surface area contributed by atoms with E-state index in [1.54, 1.807) is 34.9 Å². The van der Waals surface area contributed by atoms with Gasteiger partial charge < -0.3 is 19.2 Å². The summed E-state index contributed by atoms with van der Waals surface area (Å²) in [6, 6.07) is 12.5. The third-order valence-electron chi connectivity index (χ3n) is 7.31. The van der Waals surface area contributed by atoms with Crippen LogP contribution < -0.4 is 5.76 Å². The van der Waals surface area contributed by atoms with Crippen molar-refractivity contribution in [2.75, 3.05) is 13.6 Å². The number of nitrogens with zero attached hydrogens (tertiary/aromatic N) is 2. The SMILES string of the molecule is CN(CCCn1c(=O)oc2cc(C=O)ccc21)[C@H]1CC[C@H](OC(=O)C(O)(c2cccs2)c2cccs2)CC1. The standard InChI is InChI=1S/C28H30N2O6S2/c1-29(13-4-14-30-22-12-7-19(18-31)17-23(22)36-27(30)33)20-8-10-21(11-9-20)35-26(32)28(34,24-5-2-15-37-24)25-6-3-16-38-25/h2-3,5-7,12,15-18,20-21,34H,4,8-11,13-14H2,1H3/t20-,21-. The van der Waals surface area contributed by atoms with Crippen molar-refractivity contribution in [1.29, 1.82) is 0 Å². The molecule has 3 aromatic heterocycles. The molecule has 1 N–H and O–H groups in total. The monoisotopic (exact) mass is 554 g/mol. The van der Waals surface area contributed by atoms with E-state index in [1.165, 1.54) is 22.7 Å². The number of benzene rings is 1. The molecule has 10 heteroatoms. The lowest BCUT2D eigenvalue weighted by Crippen LogP contribution is -2.42. The summed E-state index contributed by atoms with van der Waals surface area (Å²) < 4.78 is 12.8. The quantitative estimate of drug-likeness (QED) is 0.225. The van der Waals surface area contributed by atoms with E-state index in [0.717, 1.165) is 44.9 Å². The van der Waals surface area contributed by atoms with Gasteiger partial charge in [-0.1, -0.05) is 12.1 Å². The molecule has 0 amide bonds. The Bertz CT molecular complexity index is 1400. The van der Waals surface area contributed by atoms with Crippen LogP contribution in [0.3, 0.4) is 0 Å².